The lowest BCUT2D eigenvalue weighted by Gasteiger charge is -2.34. The second-order valence-electron chi connectivity index (χ2n) is 17.2. The van der Waals surface area contributed by atoms with Gasteiger partial charge < -0.3 is 34.9 Å². The number of pyridine rings is 1. The van der Waals surface area contributed by atoms with Gasteiger partial charge in [0.1, 0.15) is 6.29 Å². The van der Waals surface area contributed by atoms with Gasteiger partial charge in [-0.3, -0.25) is 16.7 Å². The van der Waals surface area contributed by atoms with E-state index >= 15 is 0 Å². The summed E-state index contributed by atoms with van der Waals surface area (Å²) in [6.45, 7) is 27.1. The van der Waals surface area contributed by atoms with E-state index < -0.39 is 0 Å². The van der Waals surface area contributed by atoms with Crippen LogP contribution in [0.1, 0.15) is 122 Å². The zero-order valence-corrected chi connectivity index (χ0v) is 41.9. The summed E-state index contributed by atoms with van der Waals surface area (Å²) in [4.78, 5) is 26.1. The normalized spacial score (nSPS) is 13.8. The topological polar surface area (TPSA) is 154 Å². The van der Waals surface area contributed by atoms with E-state index in [0.717, 1.165) is 118 Å². The van der Waals surface area contributed by atoms with E-state index in [1.165, 1.54) is 54.2 Å². The van der Waals surface area contributed by atoms with Crippen LogP contribution in [-0.2, 0) is 28.9 Å². The van der Waals surface area contributed by atoms with Crippen molar-refractivity contribution in [2.75, 3.05) is 58.8 Å². The van der Waals surface area contributed by atoms with E-state index in [4.69, 9.17) is 14.7 Å². The molecule has 0 saturated carbocycles. The third-order valence-corrected chi connectivity index (χ3v) is 12.7. The first-order chi connectivity index (χ1) is 31.0. The van der Waals surface area contributed by atoms with Crippen LogP contribution in [0.3, 0.4) is 0 Å². The van der Waals surface area contributed by atoms with Gasteiger partial charge in [0.15, 0.2) is 0 Å². The number of unbranched alkanes of at least 4 members (excludes halogenated alkanes) is 3. The molecule has 1 saturated heterocycles. The number of piperazine rings is 1. The fourth-order valence-corrected chi connectivity index (χ4v) is 9.13. The number of aromatic nitrogens is 3. The summed E-state index contributed by atoms with van der Waals surface area (Å²) in [5, 5.41) is 7.96. The molecule has 0 radical (unpaired) electrons. The van der Waals surface area contributed by atoms with Crippen LogP contribution in [0.4, 0.5) is 5.69 Å². The van der Waals surface area contributed by atoms with E-state index in [-0.39, 0.29) is 11.5 Å². The smallest absolute Gasteiger partial charge is 0.119 e. The highest BCUT2D eigenvalue weighted by Gasteiger charge is 2.29. The van der Waals surface area contributed by atoms with Crippen LogP contribution in [0, 0.1) is 11.3 Å². The maximum atomic E-state index is 10.9. The Morgan fingerprint density at radius 1 is 1.02 bits per heavy atom. The Morgan fingerprint density at radius 2 is 1.75 bits per heavy atom. The number of benzene rings is 1. The van der Waals surface area contributed by atoms with E-state index in [0.29, 0.717) is 12.3 Å². The quantitative estimate of drug-likeness (QED) is 0.0176. The number of fused-ring (bicyclic) bond motifs is 1. The van der Waals surface area contributed by atoms with E-state index in [1.807, 2.05) is 12.3 Å². The van der Waals surface area contributed by atoms with Crippen LogP contribution in [0.25, 0.3) is 33.4 Å². The molecule has 11 nitrogen and oxygen atoms in total. The molecule has 4 aromatic rings. The molecule has 1 aliphatic rings. The fourth-order valence-electron chi connectivity index (χ4n) is 8.21. The molecule has 0 bridgehead atoms. The van der Waals surface area contributed by atoms with Crippen molar-refractivity contribution >= 4 is 34.2 Å². The Hall–Kier alpha value is -4.17. The van der Waals surface area contributed by atoms with Crippen LogP contribution >= 0.6 is 11.3 Å². The number of ether oxygens (including phenoxy) is 1. The van der Waals surface area contributed by atoms with Gasteiger partial charge in [0.25, 0.3) is 0 Å². The molecule has 2 unspecified atom stereocenters. The maximum Gasteiger partial charge on any atom is 0.119 e. The Bertz CT molecular complexity index is 1960. The summed E-state index contributed by atoms with van der Waals surface area (Å²) < 4.78 is 8.47. The number of likely N-dealkylation sites (N-methyl/N-ethyl adjacent to an activating group) is 1. The molecule has 0 amide bonds. The van der Waals surface area contributed by atoms with Gasteiger partial charge in [-0.1, -0.05) is 71.4 Å². The first-order valence-corrected chi connectivity index (χ1v) is 24.4. The van der Waals surface area contributed by atoms with Crippen molar-refractivity contribution in [1.29, 1.82) is 0 Å². The van der Waals surface area contributed by atoms with E-state index in [1.54, 1.807) is 24.6 Å². The Morgan fingerprint density at radius 3 is 2.38 bits per heavy atom. The second kappa shape index (κ2) is 30.9. The van der Waals surface area contributed by atoms with E-state index in [2.05, 4.69) is 141 Å². The number of nitrogens with one attached hydrogen (secondary N) is 1. The summed E-state index contributed by atoms with van der Waals surface area (Å²) in [6, 6.07) is 9.32. The number of carbonyl (C=O) groups excluding carboxylic acids is 1. The lowest BCUT2D eigenvalue weighted by atomic mass is 9.80. The zero-order valence-electron chi connectivity index (χ0n) is 41.1. The van der Waals surface area contributed by atoms with E-state index in [9.17, 15) is 4.79 Å². The summed E-state index contributed by atoms with van der Waals surface area (Å²) in [5.41, 5.74) is 13.9. The number of rotatable bonds is 24. The molecule has 5 rings (SSSR count). The number of thiazole rings is 1. The number of hydrazine groups is 1. The van der Waals surface area contributed by atoms with Crippen LogP contribution in [0.2, 0.25) is 0 Å². The average Bonchev–Trinajstić information content (AvgIpc) is 3.91. The molecular weight excluding hydrogens is 815 g/mol. The predicted molar refractivity (Wildman–Crippen MR) is 277 cm³/mol. The van der Waals surface area contributed by atoms with Crippen molar-refractivity contribution in [3.63, 3.8) is 0 Å². The number of allylic oxidation sites excluding steroid dienone is 3. The number of anilines is 1. The molecule has 1 aliphatic heterocycles. The average molecular weight is 900 g/mol. The first-order valence-electron chi connectivity index (χ1n) is 23.6. The van der Waals surface area contributed by atoms with Crippen LogP contribution in [-0.4, -0.2) is 79.7 Å². The van der Waals surface area contributed by atoms with Gasteiger partial charge in [0.2, 0.25) is 0 Å². The molecule has 0 spiro atoms. The summed E-state index contributed by atoms with van der Waals surface area (Å²) >= 11 is 1.75. The molecule has 64 heavy (non-hydrogen) atoms. The highest BCUT2D eigenvalue weighted by Crippen LogP contribution is 2.43. The molecule has 2 atom stereocenters. The minimum absolute atomic E-state index is 0.0509. The van der Waals surface area contributed by atoms with Crippen LogP contribution in [0.5, 0.6) is 0 Å². The standard InChI is InChI=1S/C44H62N6O2S.C7H14.CH5N.H4N2/c1-9-12-19-44(5,6)28-38-36-26-34(39-31-53-41(47-39)25-33(29-45-10-2)16-14-13-15-24-51)17-18-40(36)50(11-3)43(38)37-27-35(30-46-42(37)32(4)52-8)49-22-20-48(7)21-23-49;1-3-5-7-6-4-2;2*1-2/h9-10,17-18,24,26-27,30-33,45H,1-2,11-16,19-23,25,28-29H2,3-8H3;5,7H,3-4,6H2,1-2H3;2H2,1H3;1-2H2. The lowest BCUT2D eigenvalue weighted by molar-refractivity contribution is -0.107. The van der Waals surface area contributed by atoms with Crippen molar-refractivity contribution < 1.29 is 9.53 Å². The van der Waals surface area contributed by atoms with Crippen LogP contribution in [0.15, 0.2) is 73.4 Å². The van der Waals surface area contributed by atoms with Crippen molar-refractivity contribution in [3.8, 4) is 22.5 Å². The van der Waals surface area contributed by atoms with Crippen molar-refractivity contribution in [3.05, 3.63) is 89.7 Å². The molecule has 3 aromatic heterocycles. The number of hydrogen-bond donors (Lipinski definition) is 4. The van der Waals surface area contributed by atoms with Gasteiger partial charge in [-0.05, 0) is 114 Å². The molecule has 12 heteroatoms. The van der Waals surface area contributed by atoms with Crippen molar-refractivity contribution in [2.45, 2.75) is 125 Å². The molecule has 0 aliphatic carbocycles. The summed E-state index contributed by atoms with van der Waals surface area (Å²) in [6.07, 6.45) is 22.4. The maximum absolute atomic E-state index is 10.9. The van der Waals surface area contributed by atoms with Gasteiger partial charge in [-0.15, -0.1) is 17.9 Å². The monoisotopic (exact) mass is 900 g/mol. The second-order valence-corrected chi connectivity index (χ2v) is 18.1. The molecule has 1 aromatic carbocycles. The van der Waals surface area contributed by atoms with Gasteiger partial charge in [-0.2, -0.15) is 0 Å². The number of methoxy groups -OCH3 is 1. The third-order valence-electron chi connectivity index (χ3n) is 11.8. The molecule has 1 fully saturated rings. The van der Waals surface area contributed by atoms with Gasteiger partial charge in [-0.25, -0.2) is 4.98 Å². The number of nitrogens with two attached hydrogens (primary N) is 3. The van der Waals surface area contributed by atoms with Gasteiger partial charge >= 0.3 is 0 Å². The highest BCUT2D eigenvalue weighted by molar-refractivity contribution is 7.09. The number of carbonyl (C=O) groups is 1. The number of aldehydes is 1. The van der Waals surface area contributed by atoms with Crippen molar-refractivity contribution in [2.24, 2.45) is 28.8 Å². The molecule has 4 heterocycles. The Kier molecular flexibility index (Phi) is 27.0. The van der Waals surface area contributed by atoms with Gasteiger partial charge in [0.05, 0.1) is 40.1 Å². The molecule has 356 valence electrons. The minimum Gasteiger partial charge on any atom is -0.391 e. The number of hydrogen-bond acceptors (Lipinski definition) is 11. The Labute approximate surface area is 391 Å². The first kappa shape index (κ1) is 56.0. The molecular formula is C52H85N9O2S. The Balaban J connectivity index is 0.00000115. The third kappa shape index (κ3) is 17.0. The lowest BCUT2D eigenvalue weighted by Crippen LogP contribution is -2.44. The largest absolute Gasteiger partial charge is 0.391 e. The SMILES string of the molecule is C=CCCC(C)(C)Cc1c(-c2cc(N3CCN(C)CC3)cnc2C(C)OC)n(CC)c2ccc(-c3csc(CC(CCCCC=O)CNC=C)n3)cc12.CCC=CCCC.CN.NN. The fraction of sp³-hybridized carbons (Fsp3) is 0.558. The van der Waals surface area contributed by atoms with Gasteiger partial charge in [0, 0.05) is 86.6 Å². The summed E-state index contributed by atoms with van der Waals surface area (Å²) in [5.74, 6) is 8.44. The highest BCUT2D eigenvalue weighted by atomic mass is 32.1. The minimum atomic E-state index is -0.156. The predicted octanol–water partition coefficient (Wildman–Crippen LogP) is 10.6. The van der Waals surface area contributed by atoms with Crippen molar-refractivity contribution in [1.82, 2.24) is 24.8 Å². The number of nitrogens with zero attached hydrogens (tertiary/aromatic N) is 5. The molecule has 7 N–H and O–H groups in total. The summed E-state index contributed by atoms with van der Waals surface area (Å²) in [7, 11) is 5.48. The zero-order chi connectivity index (χ0) is 47.5. The van der Waals surface area contributed by atoms with Crippen LogP contribution < -0.4 is 27.6 Å². The number of aryl methyl sites for hydroxylation is 1.